The largest absolute Gasteiger partial charge is 0.355 e. The van der Waals surface area contributed by atoms with Crippen LogP contribution in [-0.2, 0) is 16.6 Å². The number of carbonyl (C=O) groups is 2. The van der Waals surface area contributed by atoms with Gasteiger partial charge in [0.25, 0.3) is 0 Å². The molecule has 2 rings (SSSR count). The normalized spacial score (nSPS) is 20.6. The number of aryl methyl sites for hydroxylation is 1. The molecule has 1 aliphatic rings. The third-order valence-corrected chi connectivity index (χ3v) is 3.45. The molecular weight excluding hydrogens is 232 g/mol. The van der Waals surface area contributed by atoms with Gasteiger partial charge in [0, 0.05) is 31.3 Å². The van der Waals surface area contributed by atoms with E-state index in [4.69, 9.17) is 0 Å². The van der Waals surface area contributed by atoms with E-state index in [1.807, 2.05) is 20.9 Å². The molecule has 1 saturated heterocycles. The molecule has 18 heavy (non-hydrogen) atoms. The summed E-state index contributed by atoms with van der Waals surface area (Å²) in [6.45, 7) is 4.32. The fourth-order valence-corrected chi connectivity index (χ4v) is 2.14. The van der Waals surface area contributed by atoms with Crippen molar-refractivity contribution in [3.05, 3.63) is 17.5 Å². The Kier molecular flexibility index (Phi) is 3.36. The maximum absolute atomic E-state index is 12.0. The van der Waals surface area contributed by atoms with E-state index in [9.17, 15) is 9.59 Å². The summed E-state index contributed by atoms with van der Waals surface area (Å²) >= 11 is 0. The molecule has 2 unspecified atom stereocenters. The van der Waals surface area contributed by atoms with E-state index in [1.54, 1.807) is 10.9 Å². The molecule has 1 aromatic rings. The van der Waals surface area contributed by atoms with E-state index in [2.05, 4.69) is 15.7 Å². The van der Waals surface area contributed by atoms with Crippen molar-refractivity contribution in [2.45, 2.75) is 26.3 Å². The molecule has 0 bridgehead atoms. The van der Waals surface area contributed by atoms with Gasteiger partial charge in [-0.05, 0) is 13.8 Å². The first-order valence-corrected chi connectivity index (χ1v) is 6.04. The van der Waals surface area contributed by atoms with Crippen molar-refractivity contribution in [2.75, 3.05) is 6.54 Å². The topological polar surface area (TPSA) is 76.0 Å². The van der Waals surface area contributed by atoms with Gasteiger partial charge < -0.3 is 10.6 Å². The zero-order chi connectivity index (χ0) is 13.3. The number of aromatic nitrogens is 2. The molecule has 98 valence electrons. The highest BCUT2D eigenvalue weighted by molar-refractivity contribution is 5.89. The maximum atomic E-state index is 12.0. The fraction of sp³-hybridized carbons (Fsp3) is 0.583. The van der Waals surface area contributed by atoms with Crippen LogP contribution in [0.2, 0.25) is 0 Å². The lowest BCUT2D eigenvalue weighted by Crippen LogP contribution is -2.34. The van der Waals surface area contributed by atoms with Crippen molar-refractivity contribution in [2.24, 2.45) is 13.0 Å². The van der Waals surface area contributed by atoms with Gasteiger partial charge in [0.15, 0.2) is 0 Å². The second kappa shape index (κ2) is 4.80. The second-order valence-corrected chi connectivity index (χ2v) is 4.74. The quantitative estimate of drug-likeness (QED) is 0.795. The molecule has 2 amide bonds. The van der Waals surface area contributed by atoms with E-state index >= 15 is 0 Å². The number of nitrogens with one attached hydrogen (secondary N) is 2. The van der Waals surface area contributed by atoms with E-state index in [-0.39, 0.29) is 30.2 Å². The van der Waals surface area contributed by atoms with Crippen LogP contribution in [0.1, 0.15) is 30.6 Å². The number of carbonyl (C=O) groups excluding carboxylic acids is 2. The van der Waals surface area contributed by atoms with Crippen LogP contribution < -0.4 is 10.6 Å². The van der Waals surface area contributed by atoms with Gasteiger partial charge in [-0.3, -0.25) is 14.3 Å². The predicted octanol–water partition coefficient (Wildman–Crippen LogP) is 0.0418. The Balaban J connectivity index is 1.99. The van der Waals surface area contributed by atoms with Crippen molar-refractivity contribution in [3.8, 4) is 0 Å². The molecule has 1 aromatic heterocycles. The van der Waals surface area contributed by atoms with Gasteiger partial charge in [-0.25, -0.2) is 0 Å². The van der Waals surface area contributed by atoms with Crippen molar-refractivity contribution in [1.82, 2.24) is 20.4 Å². The zero-order valence-electron chi connectivity index (χ0n) is 10.9. The van der Waals surface area contributed by atoms with Gasteiger partial charge in [0.2, 0.25) is 11.8 Å². The van der Waals surface area contributed by atoms with Crippen molar-refractivity contribution in [3.63, 3.8) is 0 Å². The van der Waals surface area contributed by atoms with Crippen molar-refractivity contribution >= 4 is 11.8 Å². The molecule has 1 aliphatic heterocycles. The van der Waals surface area contributed by atoms with Gasteiger partial charge in [0.05, 0.1) is 18.2 Å². The Morgan fingerprint density at radius 1 is 1.67 bits per heavy atom. The van der Waals surface area contributed by atoms with Crippen LogP contribution in [0.5, 0.6) is 0 Å². The average molecular weight is 250 g/mol. The standard InChI is InChI=1S/C12H18N4O2/c1-7(10-6-14-16(3)8(10)2)15-12(18)9-4-11(17)13-5-9/h6-7,9H,4-5H2,1-3H3,(H,13,17)(H,15,18). The molecule has 2 atom stereocenters. The molecule has 0 aliphatic carbocycles. The molecule has 0 saturated carbocycles. The third kappa shape index (κ3) is 2.37. The van der Waals surface area contributed by atoms with Crippen LogP contribution >= 0.6 is 0 Å². The molecule has 0 aromatic carbocycles. The number of hydrogen-bond acceptors (Lipinski definition) is 3. The van der Waals surface area contributed by atoms with Gasteiger partial charge in [-0.15, -0.1) is 0 Å². The fourth-order valence-electron chi connectivity index (χ4n) is 2.14. The molecule has 2 heterocycles. The summed E-state index contributed by atoms with van der Waals surface area (Å²) in [6, 6.07) is -0.0955. The summed E-state index contributed by atoms with van der Waals surface area (Å²) in [7, 11) is 1.87. The highest BCUT2D eigenvalue weighted by Gasteiger charge is 2.29. The van der Waals surface area contributed by atoms with Crippen molar-refractivity contribution in [1.29, 1.82) is 0 Å². The molecule has 2 N–H and O–H groups in total. The molecule has 1 fully saturated rings. The zero-order valence-corrected chi connectivity index (χ0v) is 10.9. The second-order valence-electron chi connectivity index (χ2n) is 4.74. The van der Waals surface area contributed by atoms with E-state index in [0.717, 1.165) is 11.3 Å². The van der Waals surface area contributed by atoms with Gasteiger partial charge in [0.1, 0.15) is 0 Å². The lowest BCUT2D eigenvalue weighted by Gasteiger charge is -2.16. The third-order valence-electron chi connectivity index (χ3n) is 3.45. The summed E-state index contributed by atoms with van der Waals surface area (Å²) < 4.78 is 1.78. The van der Waals surface area contributed by atoms with Gasteiger partial charge >= 0.3 is 0 Å². The molecule has 0 radical (unpaired) electrons. The summed E-state index contributed by atoms with van der Waals surface area (Å²) in [5, 5.41) is 9.74. The first kappa shape index (κ1) is 12.6. The molecule has 6 nitrogen and oxygen atoms in total. The van der Waals surface area contributed by atoms with Crippen LogP contribution in [0.4, 0.5) is 0 Å². The van der Waals surface area contributed by atoms with Crippen LogP contribution in [0.15, 0.2) is 6.20 Å². The molecule has 0 spiro atoms. The van der Waals surface area contributed by atoms with Gasteiger partial charge in [-0.2, -0.15) is 5.10 Å². The predicted molar refractivity (Wildman–Crippen MR) is 65.6 cm³/mol. The van der Waals surface area contributed by atoms with E-state index in [1.165, 1.54) is 0 Å². The monoisotopic (exact) mass is 250 g/mol. The first-order valence-electron chi connectivity index (χ1n) is 6.04. The number of amides is 2. The number of nitrogens with zero attached hydrogens (tertiary/aromatic N) is 2. The molecule has 6 heteroatoms. The smallest absolute Gasteiger partial charge is 0.225 e. The lowest BCUT2D eigenvalue weighted by molar-refractivity contribution is -0.127. The Bertz CT molecular complexity index is 480. The summed E-state index contributed by atoms with van der Waals surface area (Å²) in [5.41, 5.74) is 2.03. The molecular formula is C12H18N4O2. The van der Waals surface area contributed by atoms with Crippen LogP contribution in [0, 0.1) is 12.8 Å². The van der Waals surface area contributed by atoms with Crippen LogP contribution in [-0.4, -0.2) is 28.1 Å². The summed E-state index contributed by atoms with van der Waals surface area (Å²) in [6.07, 6.45) is 2.04. The number of rotatable bonds is 3. The Hall–Kier alpha value is -1.85. The van der Waals surface area contributed by atoms with E-state index in [0.29, 0.717) is 6.54 Å². The Morgan fingerprint density at radius 2 is 2.39 bits per heavy atom. The van der Waals surface area contributed by atoms with Crippen molar-refractivity contribution < 1.29 is 9.59 Å². The average Bonchev–Trinajstić information content (AvgIpc) is 2.87. The van der Waals surface area contributed by atoms with Crippen LogP contribution in [0.3, 0.4) is 0 Å². The highest BCUT2D eigenvalue weighted by Crippen LogP contribution is 2.17. The minimum absolute atomic E-state index is 0.0552. The summed E-state index contributed by atoms with van der Waals surface area (Å²) in [4.78, 5) is 23.0. The summed E-state index contributed by atoms with van der Waals surface area (Å²) in [5.74, 6) is -0.388. The first-order chi connectivity index (χ1) is 8.49. The SMILES string of the molecule is Cc1c(C(C)NC(=O)C2CNC(=O)C2)cnn1C. The Labute approximate surface area is 106 Å². The van der Waals surface area contributed by atoms with E-state index < -0.39 is 0 Å². The minimum atomic E-state index is -0.253. The lowest BCUT2D eigenvalue weighted by atomic mass is 10.1. The van der Waals surface area contributed by atoms with Crippen LogP contribution in [0.25, 0.3) is 0 Å². The highest BCUT2D eigenvalue weighted by atomic mass is 16.2. The van der Waals surface area contributed by atoms with Gasteiger partial charge in [-0.1, -0.05) is 0 Å². The minimum Gasteiger partial charge on any atom is -0.355 e. The maximum Gasteiger partial charge on any atom is 0.225 e. The number of hydrogen-bond donors (Lipinski definition) is 2. The Morgan fingerprint density at radius 3 is 2.89 bits per heavy atom.